The third-order valence-corrected chi connectivity index (χ3v) is 4.50. The minimum absolute atomic E-state index is 0.0721. The summed E-state index contributed by atoms with van der Waals surface area (Å²) in [6.07, 6.45) is 2.72. The second-order valence-electron chi connectivity index (χ2n) is 6.97. The summed E-state index contributed by atoms with van der Waals surface area (Å²) in [5.41, 5.74) is 2.00. The normalized spacial score (nSPS) is 15.6. The van der Waals surface area contributed by atoms with Gasteiger partial charge in [0.05, 0.1) is 6.42 Å². The lowest BCUT2D eigenvalue weighted by atomic mass is 10.1. The molecule has 0 radical (unpaired) electrons. The Morgan fingerprint density at radius 1 is 1.20 bits per heavy atom. The summed E-state index contributed by atoms with van der Waals surface area (Å²) in [6, 6.07) is 7.90. The van der Waals surface area contributed by atoms with Gasteiger partial charge in [0.25, 0.3) is 0 Å². The highest BCUT2D eigenvalue weighted by Crippen LogP contribution is 2.20. The van der Waals surface area contributed by atoms with Crippen molar-refractivity contribution in [2.45, 2.75) is 52.0 Å². The molecule has 3 rings (SSSR count). The molecular formula is C19H26N4O2. The van der Waals surface area contributed by atoms with Gasteiger partial charge in [-0.15, -0.1) is 0 Å². The summed E-state index contributed by atoms with van der Waals surface area (Å²) in [6.45, 7) is 7.86. The first-order chi connectivity index (χ1) is 12.0. The summed E-state index contributed by atoms with van der Waals surface area (Å²) in [5.74, 6) is 1.77. The van der Waals surface area contributed by atoms with Crippen LogP contribution >= 0.6 is 0 Å². The summed E-state index contributed by atoms with van der Waals surface area (Å²) < 4.78 is 5.32. The predicted molar refractivity (Wildman–Crippen MR) is 96.4 cm³/mol. The van der Waals surface area contributed by atoms with Crippen LogP contribution in [-0.2, 0) is 11.2 Å². The van der Waals surface area contributed by atoms with Crippen molar-refractivity contribution in [1.29, 1.82) is 0 Å². The van der Waals surface area contributed by atoms with E-state index in [-0.39, 0.29) is 17.9 Å². The Labute approximate surface area is 148 Å². The third kappa shape index (κ3) is 4.38. The van der Waals surface area contributed by atoms with Crippen LogP contribution in [-0.4, -0.2) is 34.0 Å². The van der Waals surface area contributed by atoms with Crippen LogP contribution in [0.3, 0.4) is 0 Å². The van der Waals surface area contributed by atoms with Gasteiger partial charge in [-0.1, -0.05) is 31.1 Å². The van der Waals surface area contributed by atoms with E-state index < -0.39 is 0 Å². The van der Waals surface area contributed by atoms with E-state index in [9.17, 15) is 4.79 Å². The van der Waals surface area contributed by atoms with Crippen molar-refractivity contribution >= 4 is 11.6 Å². The van der Waals surface area contributed by atoms with Crippen LogP contribution in [0.5, 0.6) is 0 Å². The Balaban J connectivity index is 1.57. The Bertz CT molecular complexity index is 702. The molecule has 1 atom stereocenters. The van der Waals surface area contributed by atoms with E-state index in [1.54, 1.807) is 0 Å². The zero-order chi connectivity index (χ0) is 17.8. The lowest BCUT2D eigenvalue weighted by molar-refractivity contribution is -0.129. The fourth-order valence-corrected chi connectivity index (χ4v) is 2.94. The van der Waals surface area contributed by atoms with E-state index in [0.29, 0.717) is 12.3 Å². The van der Waals surface area contributed by atoms with Crippen LogP contribution in [0, 0.1) is 0 Å². The van der Waals surface area contributed by atoms with Gasteiger partial charge in [-0.05, 0) is 37.5 Å². The van der Waals surface area contributed by atoms with Gasteiger partial charge in [0.2, 0.25) is 11.8 Å². The molecule has 25 heavy (non-hydrogen) atoms. The molecule has 1 aliphatic rings. The van der Waals surface area contributed by atoms with Gasteiger partial charge in [0, 0.05) is 24.7 Å². The van der Waals surface area contributed by atoms with Gasteiger partial charge in [0.1, 0.15) is 6.04 Å². The molecule has 1 aromatic heterocycles. The van der Waals surface area contributed by atoms with Gasteiger partial charge in [-0.25, -0.2) is 0 Å². The molecular weight excluding hydrogens is 316 g/mol. The molecule has 0 aliphatic carbocycles. The summed E-state index contributed by atoms with van der Waals surface area (Å²) in [5, 5.41) is 7.35. The number of carbonyl (C=O) groups is 1. The molecule has 1 N–H and O–H groups in total. The van der Waals surface area contributed by atoms with E-state index in [0.717, 1.165) is 43.0 Å². The number of nitrogens with zero attached hydrogens (tertiary/aromatic N) is 3. The van der Waals surface area contributed by atoms with Crippen molar-refractivity contribution < 1.29 is 9.32 Å². The Morgan fingerprint density at radius 3 is 2.48 bits per heavy atom. The highest BCUT2D eigenvalue weighted by molar-refractivity contribution is 5.79. The van der Waals surface area contributed by atoms with E-state index >= 15 is 0 Å². The summed E-state index contributed by atoms with van der Waals surface area (Å²) in [4.78, 5) is 18.6. The molecule has 6 heteroatoms. The highest BCUT2D eigenvalue weighted by atomic mass is 16.5. The zero-order valence-electron chi connectivity index (χ0n) is 15.2. The average Bonchev–Trinajstić information content (AvgIpc) is 3.28. The molecule has 0 spiro atoms. The lowest BCUT2D eigenvalue weighted by Crippen LogP contribution is -2.29. The summed E-state index contributed by atoms with van der Waals surface area (Å²) >= 11 is 0. The van der Waals surface area contributed by atoms with Crippen LogP contribution in [0.15, 0.2) is 28.8 Å². The molecule has 1 aliphatic heterocycles. The summed E-state index contributed by atoms with van der Waals surface area (Å²) in [7, 11) is 0. The number of anilines is 1. The lowest BCUT2D eigenvalue weighted by Gasteiger charge is -2.15. The van der Waals surface area contributed by atoms with Crippen LogP contribution < -0.4 is 5.32 Å². The van der Waals surface area contributed by atoms with E-state index in [1.165, 1.54) is 0 Å². The van der Waals surface area contributed by atoms with Crippen LogP contribution in [0.1, 0.15) is 62.9 Å². The SMILES string of the molecule is CC(C)c1noc([C@@H](C)Nc2ccc(CC(=O)N3CCCC3)cc2)n1. The molecule has 2 heterocycles. The molecule has 0 unspecified atom stereocenters. The van der Waals surface area contributed by atoms with Crippen molar-refractivity contribution in [3.63, 3.8) is 0 Å². The maximum atomic E-state index is 12.2. The monoisotopic (exact) mass is 342 g/mol. The van der Waals surface area contributed by atoms with Crippen molar-refractivity contribution in [2.75, 3.05) is 18.4 Å². The standard InChI is InChI=1S/C19H26N4O2/c1-13(2)18-21-19(25-22-18)14(3)20-16-8-6-15(7-9-16)12-17(24)23-10-4-5-11-23/h6-9,13-14,20H,4-5,10-12H2,1-3H3/t14-/m1/s1. The largest absolute Gasteiger partial charge is 0.374 e. The maximum Gasteiger partial charge on any atom is 0.248 e. The minimum Gasteiger partial charge on any atom is -0.374 e. The number of hydrogen-bond donors (Lipinski definition) is 1. The zero-order valence-corrected chi connectivity index (χ0v) is 15.2. The van der Waals surface area contributed by atoms with Crippen LogP contribution in [0.25, 0.3) is 0 Å². The Hall–Kier alpha value is -2.37. The van der Waals surface area contributed by atoms with Gasteiger partial charge in [-0.3, -0.25) is 4.79 Å². The maximum absolute atomic E-state index is 12.2. The number of likely N-dealkylation sites (tertiary alicyclic amines) is 1. The van der Waals surface area contributed by atoms with Crippen molar-refractivity contribution in [2.24, 2.45) is 0 Å². The third-order valence-electron chi connectivity index (χ3n) is 4.50. The van der Waals surface area contributed by atoms with Crippen molar-refractivity contribution in [1.82, 2.24) is 15.0 Å². The molecule has 0 bridgehead atoms. The van der Waals surface area contributed by atoms with Crippen LogP contribution in [0.4, 0.5) is 5.69 Å². The first kappa shape index (κ1) is 17.5. The number of benzene rings is 1. The Kier molecular flexibility index (Phi) is 5.36. The fourth-order valence-electron chi connectivity index (χ4n) is 2.94. The number of amides is 1. The van der Waals surface area contributed by atoms with Crippen molar-refractivity contribution in [3.8, 4) is 0 Å². The molecule has 0 saturated carbocycles. The van der Waals surface area contributed by atoms with Gasteiger partial charge in [-0.2, -0.15) is 4.98 Å². The van der Waals surface area contributed by atoms with Gasteiger partial charge in [0.15, 0.2) is 5.82 Å². The minimum atomic E-state index is -0.0721. The molecule has 134 valence electrons. The Morgan fingerprint density at radius 2 is 1.88 bits per heavy atom. The first-order valence-electron chi connectivity index (χ1n) is 8.99. The van der Waals surface area contributed by atoms with Gasteiger partial charge < -0.3 is 14.7 Å². The predicted octanol–water partition coefficient (Wildman–Crippen LogP) is 3.53. The number of hydrogen-bond acceptors (Lipinski definition) is 5. The molecule has 2 aromatic rings. The van der Waals surface area contributed by atoms with E-state index in [2.05, 4.69) is 15.5 Å². The van der Waals surface area contributed by atoms with E-state index in [4.69, 9.17) is 4.52 Å². The first-order valence-corrected chi connectivity index (χ1v) is 8.99. The second kappa shape index (κ2) is 7.68. The number of carbonyl (C=O) groups excluding carboxylic acids is 1. The highest BCUT2D eigenvalue weighted by Gasteiger charge is 2.18. The smallest absolute Gasteiger partial charge is 0.248 e. The molecule has 1 saturated heterocycles. The fraction of sp³-hybridized carbons (Fsp3) is 0.526. The topological polar surface area (TPSA) is 71.3 Å². The molecule has 1 amide bonds. The number of aromatic nitrogens is 2. The quantitative estimate of drug-likeness (QED) is 0.869. The average molecular weight is 342 g/mol. The van der Waals surface area contributed by atoms with E-state index in [1.807, 2.05) is 49.9 Å². The second-order valence-corrected chi connectivity index (χ2v) is 6.97. The molecule has 1 aromatic carbocycles. The molecule has 1 fully saturated rings. The number of nitrogens with one attached hydrogen (secondary N) is 1. The van der Waals surface area contributed by atoms with Crippen LogP contribution in [0.2, 0.25) is 0 Å². The molecule has 6 nitrogen and oxygen atoms in total. The van der Waals surface area contributed by atoms with Gasteiger partial charge >= 0.3 is 0 Å². The number of rotatable bonds is 6. The van der Waals surface area contributed by atoms with Crippen molar-refractivity contribution in [3.05, 3.63) is 41.5 Å².